The first-order valence-electron chi connectivity index (χ1n) is 8.53. The minimum absolute atomic E-state index is 0.277. The number of nitrogens with one attached hydrogen (secondary N) is 1. The Balaban J connectivity index is 1.98. The maximum absolute atomic E-state index is 11.8. The van der Waals surface area contributed by atoms with Crippen LogP contribution in [-0.4, -0.2) is 39.0 Å². The Morgan fingerprint density at radius 1 is 1.12 bits per heavy atom. The average molecular weight is 358 g/mol. The summed E-state index contributed by atoms with van der Waals surface area (Å²) in [4.78, 5) is 16.7. The smallest absolute Gasteiger partial charge is 0.345 e. The Morgan fingerprint density at radius 2 is 1.85 bits per heavy atom. The molecule has 140 valence electrons. The number of hydrogen-bond donors (Lipinski definition) is 1. The number of urea groups is 1. The lowest BCUT2D eigenvalue weighted by Gasteiger charge is -2.18. The van der Waals surface area contributed by atoms with Crippen molar-refractivity contribution in [2.45, 2.75) is 19.3 Å². The molecule has 0 aliphatic carbocycles. The molecule has 0 heterocycles. The highest BCUT2D eigenvalue weighted by atomic mass is 16.7. The lowest BCUT2D eigenvalue weighted by molar-refractivity contribution is -0.0598. The quantitative estimate of drug-likeness (QED) is 0.715. The second-order valence-corrected chi connectivity index (χ2v) is 5.83. The van der Waals surface area contributed by atoms with Gasteiger partial charge in [0.1, 0.15) is 11.5 Å². The highest BCUT2D eigenvalue weighted by molar-refractivity contribution is 5.88. The van der Waals surface area contributed by atoms with E-state index in [2.05, 4.69) is 24.4 Å². The van der Waals surface area contributed by atoms with Crippen LogP contribution in [-0.2, 0) is 4.84 Å². The van der Waals surface area contributed by atoms with Crippen molar-refractivity contribution < 1.29 is 19.1 Å². The third kappa shape index (κ3) is 5.39. The second kappa shape index (κ2) is 9.68. The molecule has 1 N–H and O–H groups in total. The number of ether oxygens (including phenoxy) is 2. The minimum Gasteiger partial charge on any atom is -0.497 e. The molecule has 0 radical (unpaired) electrons. The van der Waals surface area contributed by atoms with Crippen LogP contribution in [0.4, 0.5) is 10.5 Å². The van der Waals surface area contributed by atoms with Gasteiger partial charge < -0.3 is 14.8 Å². The number of rotatable bonds is 8. The molecule has 26 heavy (non-hydrogen) atoms. The van der Waals surface area contributed by atoms with Crippen molar-refractivity contribution in [1.82, 2.24) is 5.06 Å². The van der Waals surface area contributed by atoms with Crippen LogP contribution in [0.5, 0.6) is 11.5 Å². The lowest BCUT2D eigenvalue weighted by Crippen LogP contribution is -2.30. The highest BCUT2D eigenvalue weighted by Gasteiger charge is 2.12. The number of carbonyl (C=O) groups excluding carboxylic acids is 1. The van der Waals surface area contributed by atoms with E-state index in [0.29, 0.717) is 18.0 Å². The van der Waals surface area contributed by atoms with Gasteiger partial charge in [0.25, 0.3) is 0 Å². The van der Waals surface area contributed by atoms with E-state index in [1.807, 2.05) is 24.3 Å². The zero-order valence-electron chi connectivity index (χ0n) is 15.7. The van der Waals surface area contributed by atoms with Crippen LogP contribution in [0.15, 0.2) is 48.5 Å². The van der Waals surface area contributed by atoms with E-state index in [-0.39, 0.29) is 11.9 Å². The van der Waals surface area contributed by atoms with E-state index in [1.165, 1.54) is 19.7 Å². The van der Waals surface area contributed by atoms with Gasteiger partial charge in [-0.05, 0) is 36.2 Å². The number of nitrogens with zero attached hydrogens (tertiary/aromatic N) is 1. The van der Waals surface area contributed by atoms with E-state index < -0.39 is 0 Å². The normalized spacial score (nSPS) is 11.5. The lowest BCUT2D eigenvalue weighted by atomic mass is 9.97. The topological polar surface area (TPSA) is 60.0 Å². The molecule has 2 rings (SSSR count). The molecule has 0 aliphatic rings. The van der Waals surface area contributed by atoms with Gasteiger partial charge in [-0.2, -0.15) is 0 Å². The van der Waals surface area contributed by atoms with Crippen molar-refractivity contribution in [3.8, 4) is 11.5 Å². The van der Waals surface area contributed by atoms with E-state index in [4.69, 9.17) is 14.3 Å². The number of hydroxylamine groups is 2. The number of methoxy groups -OCH3 is 1. The Hall–Kier alpha value is -2.73. The fraction of sp³-hybridized carbons (Fsp3) is 0.350. The van der Waals surface area contributed by atoms with E-state index >= 15 is 0 Å². The van der Waals surface area contributed by atoms with Crippen molar-refractivity contribution in [2.75, 3.05) is 33.2 Å². The molecule has 0 aromatic heterocycles. The van der Waals surface area contributed by atoms with Crippen LogP contribution >= 0.6 is 0 Å². The van der Waals surface area contributed by atoms with Crippen molar-refractivity contribution in [1.29, 1.82) is 0 Å². The summed E-state index contributed by atoms with van der Waals surface area (Å²) in [5.74, 6) is 1.82. The Morgan fingerprint density at radius 3 is 2.46 bits per heavy atom. The number of amides is 2. The average Bonchev–Trinajstić information content (AvgIpc) is 2.68. The number of carbonyl (C=O) groups is 1. The van der Waals surface area contributed by atoms with Crippen LogP contribution in [0.25, 0.3) is 0 Å². The summed E-state index contributed by atoms with van der Waals surface area (Å²) in [5.41, 5.74) is 1.85. The van der Waals surface area contributed by atoms with Gasteiger partial charge in [-0.25, -0.2) is 9.86 Å². The second-order valence-electron chi connectivity index (χ2n) is 5.83. The molecular weight excluding hydrogens is 332 g/mol. The Bertz CT molecular complexity index is 703. The largest absolute Gasteiger partial charge is 0.497 e. The van der Waals surface area contributed by atoms with Crippen molar-refractivity contribution in [3.05, 3.63) is 54.1 Å². The molecule has 0 bridgehead atoms. The first kappa shape index (κ1) is 19.6. The van der Waals surface area contributed by atoms with Gasteiger partial charge in [0.15, 0.2) is 0 Å². The van der Waals surface area contributed by atoms with Gasteiger partial charge in [-0.3, -0.25) is 4.84 Å². The van der Waals surface area contributed by atoms with E-state index in [0.717, 1.165) is 17.2 Å². The highest BCUT2D eigenvalue weighted by Crippen LogP contribution is 2.25. The molecular formula is C20H26N2O4. The molecule has 0 saturated heterocycles. The molecule has 6 nitrogen and oxygen atoms in total. The maximum atomic E-state index is 11.8. The van der Waals surface area contributed by atoms with Crippen LogP contribution < -0.4 is 14.8 Å². The zero-order chi connectivity index (χ0) is 18.9. The molecule has 2 amide bonds. The molecule has 0 spiro atoms. The van der Waals surface area contributed by atoms with E-state index in [1.54, 1.807) is 19.2 Å². The van der Waals surface area contributed by atoms with E-state index in [9.17, 15) is 4.79 Å². The zero-order valence-corrected chi connectivity index (χ0v) is 15.7. The van der Waals surface area contributed by atoms with Gasteiger partial charge in [0, 0.05) is 24.7 Å². The predicted molar refractivity (Wildman–Crippen MR) is 102 cm³/mol. The Kier molecular flexibility index (Phi) is 7.29. The summed E-state index contributed by atoms with van der Waals surface area (Å²) < 4.78 is 11.2. The molecule has 2 aromatic carbocycles. The van der Waals surface area contributed by atoms with Crippen molar-refractivity contribution >= 4 is 11.7 Å². The fourth-order valence-electron chi connectivity index (χ4n) is 2.47. The van der Waals surface area contributed by atoms with Gasteiger partial charge in [0.05, 0.1) is 20.8 Å². The molecule has 1 unspecified atom stereocenters. The van der Waals surface area contributed by atoms with Crippen LogP contribution in [0.2, 0.25) is 0 Å². The standard InChI is InChI=1S/C20H26N2O4/c1-5-15(16-9-11-18(24-3)12-10-16)14-26-19-8-6-7-17(13-19)21-20(23)22(2)25-4/h6-13,15H,5,14H2,1-4H3,(H,21,23). The van der Waals surface area contributed by atoms with Crippen molar-refractivity contribution in [2.24, 2.45) is 0 Å². The molecule has 2 aromatic rings. The summed E-state index contributed by atoms with van der Waals surface area (Å²) >= 11 is 0. The van der Waals surface area contributed by atoms with Gasteiger partial charge in [0.2, 0.25) is 0 Å². The Labute approximate surface area is 154 Å². The first-order chi connectivity index (χ1) is 12.6. The van der Waals surface area contributed by atoms with Crippen LogP contribution in [0, 0.1) is 0 Å². The molecule has 0 aliphatic heterocycles. The predicted octanol–water partition coefficient (Wildman–Crippen LogP) is 4.29. The van der Waals surface area contributed by atoms with Crippen molar-refractivity contribution in [3.63, 3.8) is 0 Å². The van der Waals surface area contributed by atoms with Gasteiger partial charge in [-0.1, -0.05) is 25.1 Å². The summed E-state index contributed by atoms with van der Waals surface area (Å²) in [6.45, 7) is 2.69. The molecule has 0 fully saturated rings. The molecule has 6 heteroatoms. The minimum atomic E-state index is -0.352. The summed E-state index contributed by atoms with van der Waals surface area (Å²) in [7, 11) is 4.63. The first-order valence-corrected chi connectivity index (χ1v) is 8.53. The van der Waals surface area contributed by atoms with Crippen LogP contribution in [0.1, 0.15) is 24.8 Å². The summed E-state index contributed by atoms with van der Waals surface area (Å²) in [6.07, 6.45) is 0.960. The fourth-order valence-corrected chi connectivity index (χ4v) is 2.47. The van der Waals surface area contributed by atoms with Crippen LogP contribution in [0.3, 0.4) is 0 Å². The van der Waals surface area contributed by atoms with Gasteiger partial charge in [-0.15, -0.1) is 0 Å². The third-order valence-corrected chi connectivity index (χ3v) is 4.18. The summed E-state index contributed by atoms with van der Waals surface area (Å²) in [6, 6.07) is 15.0. The number of hydrogen-bond acceptors (Lipinski definition) is 4. The molecule has 1 atom stereocenters. The SMILES string of the molecule is CCC(COc1cccc(NC(=O)N(C)OC)c1)c1ccc(OC)cc1. The molecule has 0 saturated carbocycles. The number of anilines is 1. The number of benzene rings is 2. The monoisotopic (exact) mass is 358 g/mol. The third-order valence-electron chi connectivity index (χ3n) is 4.18. The maximum Gasteiger partial charge on any atom is 0.345 e. The van der Waals surface area contributed by atoms with Gasteiger partial charge >= 0.3 is 6.03 Å². The summed E-state index contributed by atoms with van der Waals surface area (Å²) in [5, 5.41) is 3.86.